The van der Waals surface area contributed by atoms with Crippen LogP contribution in [0.5, 0.6) is 0 Å². The van der Waals surface area contributed by atoms with Crippen LogP contribution in [0.15, 0.2) is 28.7 Å². The zero-order valence-electron chi connectivity index (χ0n) is 14.5. The van der Waals surface area contributed by atoms with Gasteiger partial charge in [0, 0.05) is 24.6 Å². The summed E-state index contributed by atoms with van der Waals surface area (Å²) in [5.41, 5.74) is 1.34. The zero-order valence-corrected chi connectivity index (χ0v) is 14.5. The second kappa shape index (κ2) is 6.78. The quantitative estimate of drug-likeness (QED) is 0.925. The van der Waals surface area contributed by atoms with Crippen molar-refractivity contribution in [3.63, 3.8) is 0 Å². The molecule has 1 spiro atoms. The molecule has 2 aliphatic rings. The van der Waals surface area contributed by atoms with Gasteiger partial charge in [0.2, 0.25) is 0 Å². The summed E-state index contributed by atoms with van der Waals surface area (Å²) in [4.78, 5) is 15.1. The smallest absolute Gasteiger partial charge is 0.290 e. The Bertz CT molecular complexity index is 758. The summed E-state index contributed by atoms with van der Waals surface area (Å²) >= 11 is 0. The number of nitrogens with zero attached hydrogens (tertiary/aromatic N) is 1. The molecule has 4 rings (SSSR count). The molecule has 0 bridgehead atoms. The van der Waals surface area contributed by atoms with Gasteiger partial charge in [-0.3, -0.25) is 4.79 Å². The number of rotatable bonds is 3. The Hall–Kier alpha value is -1.89. The topological polar surface area (TPSA) is 63.9 Å². The van der Waals surface area contributed by atoms with Crippen molar-refractivity contribution in [1.82, 2.24) is 10.2 Å². The first-order chi connectivity index (χ1) is 12.2. The molecule has 1 aromatic carbocycles. The van der Waals surface area contributed by atoms with Gasteiger partial charge in [-0.05, 0) is 32.0 Å². The van der Waals surface area contributed by atoms with Crippen molar-refractivity contribution < 1.29 is 18.7 Å². The molecule has 1 aromatic heterocycles. The molecule has 0 radical (unpaired) electrons. The fraction of sp³-hybridized carbons (Fsp3) is 0.526. The van der Waals surface area contributed by atoms with Gasteiger partial charge in [0.15, 0.2) is 5.76 Å². The van der Waals surface area contributed by atoms with Gasteiger partial charge in [-0.1, -0.05) is 18.2 Å². The molecule has 0 saturated carbocycles. The molecular weight excluding hydrogens is 320 g/mol. The van der Waals surface area contributed by atoms with E-state index < -0.39 is 0 Å². The first-order valence-electron chi connectivity index (χ1n) is 8.86. The number of benzene rings is 1. The monoisotopic (exact) mass is 344 g/mol. The van der Waals surface area contributed by atoms with E-state index in [1.165, 1.54) is 0 Å². The minimum atomic E-state index is -0.216. The van der Waals surface area contributed by atoms with E-state index in [1.54, 1.807) is 7.11 Å². The zero-order chi connectivity index (χ0) is 17.3. The minimum Gasteiger partial charge on any atom is -0.451 e. The number of methoxy groups -OCH3 is 1. The molecule has 6 heteroatoms. The first kappa shape index (κ1) is 16.6. The Morgan fingerprint density at radius 3 is 2.92 bits per heavy atom. The number of hydrogen-bond donors (Lipinski definition) is 1. The standard InChI is InChI=1S/C19H24N2O4/c1-23-12-15-14-4-2-3-5-16(14)25-17(15)18(22)21-10-11-24-19(13-21)6-8-20-9-7-19/h2-5,20H,6-13H2,1H3. The number of ether oxygens (including phenoxy) is 2. The predicted molar refractivity (Wildman–Crippen MR) is 93.6 cm³/mol. The number of amides is 1. The van der Waals surface area contributed by atoms with Crippen LogP contribution in [0.4, 0.5) is 0 Å². The molecule has 1 amide bonds. The lowest BCUT2D eigenvalue weighted by Gasteiger charge is -2.44. The largest absolute Gasteiger partial charge is 0.451 e. The first-order valence-corrected chi connectivity index (χ1v) is 8.86. The molecule has 0 unspecified atom stereocenters. The van der Waals surface area contributed by atoms with Gasteiger partial charge in [0.1, 0.15) is 5.58 Å². The highest BCUT2D eigenvalue weighted by Crippen LogP contribution is 2.31. The van der Waals surface area contributed by atoms with Crippen LogP contribution in [-0.4, -0.2) is 56.3 Å². The normalized spacial score (nSPS) is 20.3. The highest BCUT2D eigenvalue weighted by atomic mass is 16.5. The Morgan fingerprint density at radius 1 is 1.32 bits per heavy atom. The number of nitrogens with one attached hydrogen (secondary N) is 1. The van der Waals surface area contributed by atoms with Crippen LogP contribution in [0.3, 0.4) is 0 Å². The van der Waals surface area contributed by atoms with Gasteiger partial charge in [-0.25, -0.2) is 0 Å². The summed E-state index contributed by atoms with van der Waals surface area (Å²) in [5.74, 6) is 0.332. The van der Waals surface area contributed by atoms with Crippen LogP contribution in [-0.2, 0) is 16.1 Å². The van der Waals surface area contributed by atoms with Crippen molar-refractivity contribution in [1.29, 1.82) is 0 Å². The summed E-state index contributed by atoms with van der Waals surface area (Å²) in [6.07, 6.45) is 1.86. The van der Waals surface area contributed by atoms with Gasteiger partial charge in [-0.2, -0.15) is 0 Å². The Morgan fingerprint density at radius 2 is 2.12 bits per heavy atom. The molecule has 2 saturated heterocycles. The van der Waals surface area contributed by atoms with Crippen molar-refractivity contribution in [2.24, 2.45) is 0 Å². The molecule has 2 fully saturated rings. The van der Waals surface area contributed by atoms with Gasteiger partial charge in [-0.15, -0.1) is 0 Å². The summed E-state index contributed by atoms with van der Waals surface area (Å²) < 4.78 is 17.3. The molecule has 2 aliphatic heterocycles. The van der Waals surface area contributed by atoms with E-state index in [0.29, 0.717) is 32.1 Å². The average Bonchev–Trinajstić information content (AvgIpc) is 3.01. The maximum atomic E-state index is 13.2. The molecule has 1 N–H and O–H groups in total. The Balaban J connectivity index is 1.64. The van der Waals surface area contributed by atoms with Crippen LogP contribution in [0.25, 0.3) is 11.0 Å². The Kier molecular flexibility index (Phi) is 4.50. The van der Waals surface area contributed by atoms with Gasteiger partial charge in [0.05, 0.1) is 25.4 Å². The van der Waals surface area contributed by atoms with Crippen molar-refractivity contribution in [2.45, 2.75) is 25.0 Å². The van der Waals surface area contributed by atoms with Gasteiger partial charge in [0.25, 0.3) is 5.91 Å². The fourth-order valence-electron chi connectivity index (χ4n) is 3.91. The molecule has 25 heavy (non-hydrogen) atoms. The SMILES string of the molecule is COCc1c(C(=O)N2CCOC3(CCNCC3)C2)oc2ccccc12. The summed E-state index contributed by atoms with van der Waals surface area (Å²) in [6, 6.07) is 7.72. The van der Waals surface area contributed by atoms with E-state index in [4.69, 9.17) is 13.9 Å². The molecule has 6 nitrogen and oxygen atoms in total. The number of furan rings is 1. The molecule has 3 heterocycles. The van der Waals surface area contributed by atoms with Crippen molar-refractivity contribution >= 4 is 16.9 Å². The minimum absolute atomic E-state index is 0.0653. The lowest BCUT2D eigenvalue weighted by Crippen LogP contribution is -2.57. The Labute approximate surface area is 147 Å². The second-order valence-electron chi connectivity index (χ2n) is 6.85. The average molecular weight is 344 g/mol. The number of carbonyl (C=O) groups excluding carboxylic acids is 1. The maximum absolute atomic E-state index is 13.2. The van der Waals surface area contributed by atoms with Crippen LogP contribution in [0.2, 0.25) is 0 Å². The van der Waals surface area contributed by atoms with E-state index in [-0.39, 0.29) is 11.5 Å². The van der Waals surface area contributed by atoms with Crippen LogP contribution < -0.4 is 5.32 Å². The number of hydrogen-bond acceptors (Lipinski definition) is 5. The highest BCUT2D eigenvalue weighted by molar-refractivity contribution is 5.99. The van der Waals surface area contributed by atoms with Crippen molar-refractivity contribution in [3.05, 3.63) is 35.6 Å². The third kappa shape index (κ3) is 3.05. The fourth-order valence-corrected chi connectivity index (χ4v) is 3.91. The number of piperidine rings is 1. The molecular formula is C19H24N2O4. The lowest BCUT2D eigenvalue weighted by molar-refractivity contribution is -0.114. The van der Waals surface area contributed by atoms with Gasteiger partial charge < -0.3 is 24.1 Å². The van der Waals surface area contributed by atoms with Gasteiger partial charge >= 0.3 is 0 Å². The number of morpholine rings is 1. The van der Waals surface area contributed by atoms with Crippen LogP contribution in [0, 0.1) is 0 Å². The van der Waals surface area contributed by atoms with E-state index in [9.17, 15) is 4.79 Å². The third-order valence-corrected chi connectivity index (χ3v) is 5.23. The van der Waals surface area contributed by atoms with E-state index in [2.05, 4.69) is 5.32 Å². The van der Waals surface area contributed by atoms with Crippen LogP contribution in [0.1, 0.15) is 29.0 Å². The summed E-state index contributed by atoms with van der Waals surface area (Å²) in [7, 11) is 1.63. The summed E-state index contributed by atoms with van der Waals surface area (Å²) in [5, 5.41) is 4.30. The van der Waals surface area contributed by atoms with E-state index in [0.717, 1.165) is 42.5 Å². The third-order valence-electron chi connectivity index (χ3n) is 5.23. The van der Waals surface area contributed by atoms with Crippen LogP contribution >= 0.6 is 0 Å². The molecule has 0 atom stereocenters. The van der Waals surface area contributed by atoms with Crippen molar-refractivity contribution in [3.8, 4) is 0 Å². The van der Waals surface area contributed by atoms with E-state index >= 15 is 0 Å². The molecule has 134 valence electrons. The highest BCUT2D eigenvalue weighted by Gasteiger charge is 2.40. The second-order valence-corrected chi connectivity index (χ2v) is 6.85. The number of para-hydroxylation sites is 1. The lowest BCUT2D eigenvalue weighted by atomic mass is 9.90. The molecule has 2 aromatic rings. The predicted octanol–water partition coefficient (Wildman–Crippen LogP) is 2.17. The summed E-state index contributed by atoms with van der Waals surface area (Å²) in [6.45, 7) is 4.01. The van der Waals surface area contributed by atoms with E-state index in [1.807, 2.05) is 29.2 Å². The maximum Gasteiger partial charge on any atom is 0.290 e. The number of carbonyl (C=O) groups is 1. The van der Waals surface area contributed by atoms with Crippen molar-refractivity contribution in [2.75, 3.05) is 39.9 Å². The molecule has 0 aliphatic carbocycles. The number of fused-ring (bicyclic) bond motifs is 1.